The molecule has 0 heterocycles. The molecule has 0 aliphatic rings. The fourth-order valence-corrected chi connectivity index (χ4v) is 3.89. The van der Waals surface area contributed by atoms with Crippen LogP contribution in [0.25, 0.3) is 0 Å². The maximum Gasteiger partial charge on any atom is 0.261 e. The summed E-state index contributed by atoms with van der Waals surface area (Å²) in [6.07, 6.45) is 0.440. The van der Waals surface area contributed by atoms with E-state index in [1.54, 1.807) is 12.1 Å². The Bertz CT molecular complexity index is 955. The first-order chi connectivity index (χ1) is 15.4. The van der Waals surface area contributed by atoms with Gasteiger partial charge in [-0.05, 0) is 77.0 Å². The van der Waals surface area contributed by atoms with Crippen LogP contribution in [0.5, 0.6) is 5.75 Å². The SMILES string of the molecule is CC[C@H](C(=O)NC(C)C)N(Cc1ccc(F)cc1)C(=O)COc1ccc(C(C)(C)C)cc1Br. The van der Waals surface area contributed by atoms with Crippen molar-refractivity contribution in [1.29, 1.82) is 0 Å². The van der Waals surface area contributed by atoms with Crippen molar-refractivity contribution in [2.45, 2.75) is 72.0 Å². The van der Waals surface area contributed by atoms with Gasteiger partial charge in [0, 0.05) is 12.6 Å². The summed E-state index contributed by atoms with van der Waals surface area (Å²) in [6.45, 7) is 11.9. The molecule has 1 atom stereocenters. The Morgan fingerprint density at radius 1 is 1.12 bits per heavy atom. The van der Waals surface area contributed by atoms with E-state index in [0.29, 0.717) is 12.2 Å². The molecule has 33 heavy (non-hydrogen) atoms. The third-order valence-corrected chi connectivity index (χ3v) is 5.85. The highest BCUT2D eigenvalue weighted by Gasteiger charge is 2.29. The third kappa shape index (κ3) is 7.84. The van der Waals surface area contributed by atoms with Gasteiger partial charge >= 0.3 is 0 Å². The van der Waals surface area contributed by atoms with Gasteiger partial charge in [0.2, 0.25) is 5.91 Å². The number of ether oxygens (including phenoxy) is 1. The van der Waals surface area contributed by atoms with Crippen LogP contribution in [-0.2, 0) is 21.5 Å². The van der Waals surface area contributed by atoms with Crippen LogP contribution in [0.15, 0.2) is 46.9 Å². The lowest BCUT2D eigenvalue weighted by Gasteiger charge is -2.31. The molecular weight excluding hydrogens is 487 g/mol. The van der Waals surface area contributed by atoms with Crippen molar-refractivity contribution in [3.8, 4) is 5.75 Å². The second-order valence-electron chi connectivity index (χ2n) is 9.42. The lowest BCUT2D eigenvalue weighted by atomic mass is 9.87. The quantitative estimate of drug-likeness (QED) is 0.468. The number of hydrogen-bond donors (Lipinski definition) is 1. The highest BCUT2D eigenvalue weighted by atomic mass is 79.9. The summed E-state index contributed by atoms with van der Waals surface area (Å²) in [6, 6.07) is 11.0. The fraction of sp³-hybridized carbons (Fsp3) is 0.462. The second kappa shape index (κ2) is 11.6. The Balaban J connectivity index is 2.23. The molecule has 0 radical (unpaired) electrons. The molecular formula is C26H34BrFN2O3. The molecule has 5 nitrogen and oxygen atoms in total. The first-order valence-corrected chi connectivity index (χ1v) is 12.0. The smallest absolute Gasteiger partial charge is 0.261 e. The van der Waals surface area contributed by atoms with Gasteiger partial charge in [0.05, 0.1) is 4.47 Å². The molecule has 0 saturated heterocycles. The second-order valence-corrected chi connectivity index (χ2v) is 10.3. The van der Waals surface area contributed by atoms with E-state index in [9.17, 15) is 14.0 Å². The zero-order valence-corrected chi connectivity index (χ0v) is 21.8. The summed E-state index contributed by atoms with van der Waals surface area (Å²) >= 11 is 3.53. The molecule has 7 heteroatoms. The van der Waals surface area contributed by atoms with E-state index in [1.807, 2.05) is 39.0 Å². The predicted molar refractivity (Wildman–Crippen MR) is 133 cm³/mol. The van der Waals surface area contributed by atoms with Crippen LogP contribution in [0.2, 0.25) is 0 Å². The Morgan fingerprint density at radius 2 is 1.76 bits per heavy atom. The Morgan fingerprint density at radius 3 is 2.27 bits per heavy atom. The van der Waals surface area contributed by atoms with E-state index < -0.39 is 6.04 Å². The monoisotopic (exact) mass is 520 g/mol. The number of carbonyl (C=O) groups excluding carboxylic acids is 2. The van der Waals surface area contributed by atoms with E-state index in [4.69, 9.17) is 4.74 Å². The van der Waals surface area contributed by atoms with Gasteiger partial charge in [0.1, 0.15) is 17.6 Å². The largest absolute Gasteiger partial charge is 0.483 e. The molecule has 1 N–H and O–H groups in total. The number of halogens is 2. The molecule has 2 rings (SSSR count). The average Bonchev–Trinajstić information content (AvgIpc) is 2.72. The zero-order chi connectivity index (χ0) is 24.8. The summed E-state index contributed by atoms with van der Waals surface area (Å²) < 4.78 is 19.9. The van der Waals surface area contributed by atoms with Crippen LogP contribution in [-0.4, -0.2) is 35.4 Å². The van der Waals surface area contributed by atoms with Crippen LogP contribution in [0.3, 0.4) is 0 Å². The molecule has 0 bridgehead atoms. The molecule has 0 saturated carbocycles. The molecule has 2 amide bonds. The maximum absolute atomic E-state index is 13.4. The standard InChI is InChI=1S/C26H34BrFN2O3/c1-7-22(25(32)29-17(2)3)30(15-18-8-11-20(28)12-9-18)24(31)16-33-23-13-10-19(14-21(23)27)26(4,5)6/h8-14,17,22H,7,15-16H2,1-6H3,(H,29,32)/t22-/m1/s1. The topological polar surface area (TPSA) is 58.6 Å². The van der Waals surface area contributed by atoms with Gasteiger partial charge in [0.25, 0.3) is 5.91 Å². The summed E-state index contributed by atoms with van der Waals surface area (Å²) in [5, 5.41) is 2.89. The fourth-order valence-electron chi connectivity index (χ4n) is 3.39. The van der Waals surface area contributed by atoms with Crippen molar-refractivity contribution in [2.75, 3.05) is 6.61 Å². The minimum Gasteiger partial charge on any atom is -0.483 e. The molecule has 0 unspecified atom stereocenters. The molecule has 0 aliphatic carbocycles. The van der Waals surface area contributed by atoms with Crippen molar-refractivity contribution in [3.63, 3.8) is 0 Å². The van der Waals surface area contributed by atoms with Crippen LogP contribution in [0.1, 0.15) is 59.1 Å². The van der Waals surface area contributed by atoms with E-state index in [0.717, 1.165) is 15.6 Å². The summed E-state index contributed by atoms with van der Waals surface area (Å²) in [5.74, 6) is -0.346. The van der Waals surface area contributed by atoms with Gasteiger partial charge in [-0.15, -0.1) is 0 Å². The molecule has 2 aromatic rings. The molecule has 0 aromatic heterocycles. The average molecular weight is 521 g/mol. The highest BCUT2D eigenvalue weighted by Crippen LogP contribution is 2.31. The summed E-state index contributed by atoms with van der Waals surface area (Å²) in [4.78, 5) is 27.6. The molecule has 0 fully saturated rings. The van der Waals surface area contributed by atoms with Crippen LogP contribution in [0.4, 0.5) is 4.39 Å². The van der Waals surface area contributed by atoms with Crippen molar-refractivity contribution >= 4 is 27.7 Å². The Labute approximate surface area is 204 Å². The number of benzene rings is 2. The van der Waals surface area contributed by atoms with Gasteiger partial charge < -0.3 is 15.0 Å². The van der Waals surface area contributed by atoms with Gasteiger partial charge in [-0.3, -0.25) is 9.59 Å². The highest BCUT2D eigenvalue weighted by molar-refractivity contribution is 9.10. The van der Waals surface area contributed by atoms with Crippen LogP contribution in [0, 0.1) is 5.82 Å². The van der Waals surface area contributed by atoms with Crippen LogP contribution >= 0.6 is 15.9 Å². The predicted octanol–water partition coefficient (Wildman–Crippen LogP) is 5.60. The van der Waals surface area contributed by atoms with Crippen molar-refractivity contribution in [1.82, 2.24) is 10.2 Å². The minimum atomic E-state index is -0.666. The molecule has 0 aliphatic heterocycles. The zero-order valence-electron chi connectivity index (χ0n) is 20.2. The van der Waals surface area contributed by atoms with Gasteiger partial charge in [-0.1, -0.05) is 45.9 Å². The Hall–Kier alpha value is -2.41. The Kier molecular flexibility index (Phi) is 9.46. The van der Waals surface area contributed by atoms with Crippen molar-refractivity contribution in [2.24, 2.45) is 0 Å². The first-order valence-electron chi connectivity index (χ1n) is 11.2. The maximum atomic E-state index is 13.4. The third-order valence-electron chi connectivity index (χ3n) is 5.23. The lowest BCUT2D eigenvalue weighted by Crippen LogP contribution is -2.51. The van der Waals surface area contributed by atoms with Crippen LogP contribution < -0.4 is 10.1 Å². The van der Waals surface area contributed by atoms with Gasteiger partial charge in [-0.25, -0.2) is 4.39 Å². The van der Waals surface area contributed by atoms with E-state index in [-0.39, 0.29) is 42.2 Å². The van der Waals surface area contributed by atoms with E-state index in [1.165, 1.54) is 17.0 Å². The molecule has 2 aromatic carbocycles. The van der Waals surface area contributed by atoms with E-state index in [2.05, 4.69) is 42.0 Å². The summed E-state index contributed by atoms with van der Waals surface area (Å²) in [5.41, 5.74) is 1.86. The number of amides is 2. The molecule has 180 valence electrons. The molecule has 0 spiro atoms. The first kappa shape index (κ1) is 26.8. The number of carbonyl (C=O) groups is 2. The number of rotatable bonds is 9. The number of nitrogens with one attached hydrogen (secondary N) is 1. The van der Waals surface area contributed by atoms with Crippen molar-refractivity contribution < 1.29 is 18.7 Å². The lowest BCUT2D eigenvalue weighted by molar-refractivity contribution is -0.143. The van der Waals surface area contributed by atoms with Crippen molar-refractivity contribution in [3.05, 3.63) is 63.9 Å². The van der Waals surface area contributed by atoms with Gasteiger partial charge in [0.15, 0.2) is 6.61 Å². The number of nitrogens with zero attached hydrogens (tertiary/aromatic N) is 1. The summed E-state index contributed by atoms with van der Waals surface area (Å²) in [7, 11) is 0. The normalized spacial score (nSPS) is 12.4. The number of hydrogen-bond acceptors (Lipinski definition) is 3. The van der Waals surface area contributed by atoms with Gasteiger partial charge in [-0.2, -0.15) is 0 Å². The minimum absolute atomic E-state index is 0.0129. The van der Waals surface area contributed by atoms with E-state index >= 15 is 0 Å².